The number of halogens is 1. The molecule has 1 aromatic carbocycles. The third-order valence-corrected chi connectivity index (χ3v) is 3.88. The zero-order valence-corrected chi connectivity index (χ0v) is 12.5. The maximum absolute atomic E-state index is 12.0. The van der Waals surface area contributed by atoms with Crippen LogP contribution < -0.4 is 10.6 Å². The summed E-state index contributed by atoms with van der Waals surface area (Å²) in [5.41, 5.74) is -0.459. The van der Waals surface area contributed by atoms with Crippen LogP contribution in [0.2, 0.25) is 5.02 Å². The second kappa shape index (κ2) is 5.73. The number of hydrogen-bond acceptors (Lipinski definition) is 3. The summed E-state index contributed by atoms with van der Waals surface area (Å²) in [5.74, 6) is -0.771. The molecule has 0 aliphatic carbocycles. The molecule has 2 N–H and O–H groups in total. The van der Waals surface area contributed by atoms with Crippen LogP contribution in [0.1, 0.15) is 20.3 Å². The second-order valence-corrected chi connectivity index (χ2v) is 5.47. The van der Waals surface area contributed by atoms with E-state index in [9.17, 15) is 14.4 Å². The van der Waals surface area contributed by atoms with Crippen molar-refractivity contribution in [3.63, 3.8) is 0 Å². The van der Waals surface area contributed by atoms with Crippen molar-refractivity contribution in [2.24, 2.45) is 0 Å². The van der Waals surface area contributed by atoms with Crippen molar-refractivity contribution < 1.29 is 14.4 Å². The average molecular weight is 310 g/mol. The number of amides is 4. The largest absolute Gasteiger partial charge is 0.325 e. The fourth-order valence-electron chi connectivity index (χ4n) is 2.15. The number of anilines is 1. The van der Waals surface area contributed by atoms with Gasteiger partial charge in [-0.1, -0.05) is 24.6 Å². The first kappa shape index (κ1) is 15.3. The standard InChI is InChI=1S/C14H16ClN3O3/c1-3-14(2)12(20)17-13(21)18(14)8-11(19)16-10-6-4-5-9(15)7-10/h4-7H,3,8H2,1-2H3,(H,16,19)(H,17,20,21). The highest BCUT2D eigenvalue weighted by atomic mass is 35.5. The molecule has 1 aromatic rings. The van der Waals surface area contributed by atoms with E-state index in [4.69, 9.17) is 11.6 Å². The Bertz CT molecular complexity index is 605. The number of imide groups is 1. The van der Waals surface area contributed by atoms with E-state index in [-0.39, 0.29) is 18.4 Å². The van der Waals surface area contributed by atoms with Crippen molar-refractivity contribution in [1.82, 2.24) is 10.2 Å². The Hall–Kier alpha value is -2.08. The fourth-order valence-corrected chi connectivity index (χ4v) is 2.34. The molecule has 1 aliphatic heterocycles. The molecule has 0 spiro atoms. The van der Waals surface area contributed by atoms with Crippen LogP contribution in [-0.2, 0) is 9.59 Å². The molecule has 0 saturated carbocycles. The van der Waals surface area contributed by atoms with Crippen LogP contribution in [0.5, 0.6) is 0 Å². The number of hydrogen-bond donors (Lipinski definition) is 2. The Balaban J connectivity index is 2.08. The highest BCUT2D eigenvalue weighted by molar-refractivity contribution is 6.30. The number of nitrogens with zero attached hydrogens (tertiary/aromatic N) is 1. The van der Waals surface area contributed by atoms with Gasteiger partial charge in [-0.3, -0.25) is 14.9 Å². The second-order valence-electron chi connectivity index (χ2n) is 5.03. The Morgan fingerprint density at radius 3 is 2.76 bits per heavy atom. The minimum absolute atomic E-state index is 0.200. The maximum atomic E-state index is 12.0. The summed E-state index contributed by atoms with van der Waals surface area (Å²) in [6, 6.07) is 6.15. The first-order chi connectivity index (χ1) is 9.86. The van der Waals surface area contributed by atoms with Crippen molar-refractivity contribution in [1.29, 1.82) is 0 Å². The molecule has 7 heteroatoms. The van der Waals surface area contributed by atoms with Gasteiger partial charge in [0.15, 0.2) is 0 Å². The van der Waals surface area contributed by atoms with Gasteiger partial charge in [-0.25, -0.2) is 4.79 Å². The summed E-state index contributed by atoms with van der Waals surface area (Å²) in [6.07, 6.45) is 0.426. The lowest BCUT2D eigenvalue weighted by atomic mass is 9.97. The lowest BCUT2D eigenvalue weighted by Gasteiger charge is -2.30. The van der Waals surface area contributed by atoms with E-state index in [0.717, 1.165) is 0 Å². The smallest absolute Gasteiger partial charge is 0.324 e. The summed E-state index contributed by atoms with van der Waals surface area (Å²) in [7, 11) is 0. The van der Waals surface area contributed by atoms with Crippen LogP contribution >= 0.6 is 11.6 Å². The molecule has 0 bridgehead atoms. The number of urea groups is 1. The topological polar surface area (TPSA) is 78.5 Å². The van der Waals surface area contributed by atoms with Crippen LogP contribution in [0.3, 0.4) is 0 Å². The van der Waals surface area contributed by atoms with Gasteiger partial charge >= 0.3 is 6.03 Å². The van der Waals surface area contributed by atoms with Crippen molar-refractivity contribution in [2.45, 2.75) is 25.8 Å². The molecular formula is C14H16ClN3O3. The Morgan fingerprint density at radius 2 is 2.14 bits per heavy atom. The number of carbonyl (C=O) groups excluding carboxylic acids is 3. The quantitative estimate of drug-likeness (QED) is 0.835. The highest BCUT2D eigenvalue weighted by Gasteiger charge is 2.48. The summed E-state index contributed by atoms with van der Waals surface area (Å²) >= 11 is 5.84. The number of nitrogens with one attached hydrogen (secondary N) is 2. The Labute approximate surface area is 127 Å². The van der Waals surface area contributed by atoms with Crippen LogP contribution in [0.15, 0.2) is 24.3 Å². The predicted molar refractivity (Wildman–Crippen MR) is 79.0 cm³/mol. The molecule has 1 fully saturated rings. The van der Waals surface area contributed by atoms with Crippen LogP contribution in [0.4, 0.5) is 10.5 Å². The molecule has 0 aromatic heterocycles. The van der Waals surface area contributed by atoms with E-state index in [2.05, 4.69) is 10.6 Å². The van der Waals surface area contributed by atoms with Crippen molar-refractivity contribution >= 4 is 35.1 Å². The minimum atomic E-state index is -0.997. The van der Waals surface area contributed by atoms with E-state index >= 15 is 0 Å². The highest BCUT2D eigenvalue weighted by Crippen LogP contribution is 2.25. The van der Waals surface area contributed by atoms with Crippen molar-refractivity contribution in [2.75, 3.05) is 11.9 Å². The molecular weight excluding hydrogens is 294 g/mol. The molecule has 1 saturated heterocycles. The van der Waals surface area contributed by atoms with E-state index < -0.39 is 11.6 Å². The lowest BCUT2D eigenvalue weighted by Crippen LogP contribution is -2.49. The van der Waals surface area contributed by atoms with Gasteiger partial charge in [-0.15, -0.1) is 0 Å². The van der Waals surface area contributed by atoms with Gasteiger partial charge in [0.1, 0.15) is 12.1 Å². The minimum Gasteiger partial charge on any atom is -0.324 e. The fraction of sp³-hybridized carbons (Fsp3) is 0.357. The molecule has 2 rings (SSSR count). The Morgan fingerprint density at radius 1 is 1.43 bits per heavy atom. The van der Waals surface area contributed by atoms with Gasteiger partial charge < -0.3 is 10.2 Å². The zero-order chi connectivity index (χ0) is 15.6. The zero-order valence-electron chi connectivity index (χ0n) is 11.8. The molecule has 112 valence electrons. The van der Waals surface area contributed by atoms with Gasteiger partial charge in [0, 0.05) is 10.7 Å². The van der Waals surface area contributed by atoms with Crippen LogP contribution in [0.25, 0.3) is 0 Å². The van der Waals surface area contributed by atoms with E-state index in [1.165, 1.54) is 4.90 Å². The van der Waals surface area contributed by atoms with Crippen LogP contribution in [-0.4, -0.2) is 34.8 Å². The number of benzene rings is 1. The first-order valence-corrected chi connectivity index (χ1v) is 6.93. The molecule has 1 aliphatic rings. The summed E-state index contributed by atoms with van der Waals surface area (Å²) < 4.78 is 0. The van der Waals surface area contributed by atoms with Gasteiger partial charge in [-0.05, 0) is 31.5 Å². The van der Waals surface area contributed by atoms with E-state index in [1.54, 1.807) is 38.1 Å². The van der Waals surface area contributed by atoms with Crippen LogP contribution in [0, 0.1) is 0 Å². The normalized spacial score (nSPS) is 21.4. The third-order valence-electron chi connectivity index (χ3n) is 3.65. The van der Waals surface area contributed by atoms with E-state index in [0.29, 0.717) is 17.1 Å². The predicted octanol–water partition coefficient (Wildman–Crippen LogP) is 2.00. The van der Waals surface area contributed by atoms with Gasteiger partial charge in [0.25, 0.3) is 5.91 Å². The molecule has 4 amide bonds. The summed E-state index contributed by atoms with van der Waals surface area (Å²) in [5, 5.41) is 5.38. The monoisotopic (exact) mass is 309 g/mol. The summed E-state index contributed by atoms with van der Waals surface area (Å²) in [6.45, 7) is 3.23. The third kappa shape index (κ3) is 3.00. The molecule has 1 unspecified atom stereocenters. The van der Waals surface area contributed by atoms with Gasteiger partial charge in [0.05, 0.1) is 0 Å². The number of carbonyl (C=O) groups is 3. The molecule has 6 nitrogen and oxygen atoms in total. The lowest BCUT2D eigenvalue weighted by molar-refractivity contribution is -0.127. The van der Waals surface area contributed by atoms with Crippen molar-refractivity contribution in [3.05, 3.63) is 29.3 Å². The first-order valence-electron chi connectivity index (χ1n) is 6.55. The maximum Gasteiger partial charge on any atom is 0.325 e. The van der Waals surface area contributed by atoms with Gasteiger partial charge in [0.2, 0.25) is 5.91 Å². The van der Waals surface area contributed by atoms with Gasteiger partial charge in [-0.2, -0.15) is 0 Å². The molecule has 1 heterocycles. The SMILES string of the molecule is CCC1(C)C(=O)NC(=O)N1CC(=O)Nc1cccc(Cl)c1. The average Bonchev–Trinajstić information content (AvgIpc) is 2.63. The van der Waals surface area contributed by atoms with E-state index in [1.807, 2.05) is 0 Å². The molecule has 21 heavy (non-hydrogen) atoms. The molecule has 0 radical (unpaired) electrons. The number of rotatable bonds is 4. The van der Waals surface area contributed by atoms with Crippen molar-refractivity contribution in [3.8, 4) is 0 Å². The Kier molecular flexibility index (Phi) is 4.18. The molecule has 1 atom stereocenters. The summed E-state index contributed by atoms with van der Waals surface area (Å²) in [4.78, 5) is 36.9.